The predicted octanol–water partition coefficient (Wildman–Crippen LogP) is 2.48. The van der Waals surface area contributed by atoms with Gasteiger partial charge in [-0.3, -0.25) is 9.59 Å². The molecule has 0 bridgehead atoms. The van der Waals surface area contributed by atoms with E-state index in [1.54, 1.807) is 4.90 Å². The molecule has 0 unspecified atom stereocenters. The Bertz CT molecular complexity index is 619. The molecule has 1 saturated heterocycles. The zero-order valence-corrected chi connectivity index (χ0v) is 15.2. The van der Waals surface area contributed by atoms with Crippen LogP contribution in [0.4, 0.5) is 0 Å². The van der Waals surface area contributed by atoms with E-state index in [-0.39, 0.29) is 17.7 Å². The van der Waals surface area contributed by atoms with Gasteiger partial charge in [0.2, 0.25) is 11.8 Å². The van der Waals surface area contributed by atoms with Crippen LogP contribution in [0.2, 0.25) is 0 Å². The molecule has 0 spiro atoms. The van der Waals surface area contributed by atoms with E-state index < -0.39 is 0 Å². The van der Waals surface area contributed by atoms with Gasteiger partial charge in [-0.2, -0.15) is 0 Å². The summed E-state index contributed by atoms with van der Waals surface area (Å²) in [6, 6.07) is 7.93. The Labute approximate surface area is 149 Å². The molecule has 1 aromatic carbocycles. The maximum atomic E-state index is 12.6. The van der Waals surface area contributed by atoms with Crippen molar-refractivity contribution in [1.82, 2.24) is 9.80 Å². The van der Waals surface area contributed by atoms with Crippen molar-refractivity contribution in [3.8, 4) is 5.75 Å². The summed E-state index contributed by atoms with van der Waals surface area (Å²) in [5.74, 6) is 1.62. The number of likely N-dealkylation sites (N-methyl/N-ethyl adjacent to an activating group) is 1. The number of likely N-dealkylation sites (tertiary alicyclic amines) is 1. The number of hydrogen-bond acceptors (Lipinski definition) is 3. The minimum absolute atomic E-state index is 0.0345. The minimum atomic E-state index is 0.0345. The largest absolute Gasteiger partial charge is 0.492 e. The number of benzene rings is 1. The van der Waals surface area contributed by atoms with Crippen molar-refractivity contribution in [3.05, 3.63) is 29.8 Å². The first-order valence-electron chi connectivity index (χ1n) is 9.28. The number of carbonyl (C=O) groups is 2. The van der Waals surface area contributed by atoms with Gasteiger partial charge < -0.3 is 14.5 Å². The van der Waals surface area contributed by atoms with Crippen molar-refractivity contribution in [2.45, 2.75) is 32.6 Å². The lowest BCUT2D eigenvalue weighted by atomic mass is 9.95. The van der Waals surface area contributed by atoms with E-state index >= 15 is 0 Å². The number of ether oxygens (including phenoxy) is 1. The average Bonchev–Trinajstić information content (AvgIpc) is 3.46. The molecular weight excluding hydrogens is 316 g/mol. The van der Waals surface area contributed by atoms with Crippen LogP contribution in [0.15, 0.2) is 24.3 Å². The second-order valence-corrected chi connectivity index (χ2v) is 7.30. The van der Waals surface area contributed by atoms with Gasteiger partial charge in [-0.1, -0.05) is 12.1 Å². The van der Waals surface area contributed by atoms with E-state index in [1.807, 2.05) is 43.1 Å². The molecule has 2 aliphatic rings. The fourth-order valence-corrected chi connectivity index (χ4v) is 3.36. The number of hydrogen-bond donors (Lipinski definition) is 0. The van der Waals surface area contributed by atoms with Crippen molar-refractivity contribution >= 4 is 11.8 Å². The molecule has 0 atom stereocenters. The third kappa shape index (κ3) is 4.74. The second kappa shape index (κ2) is 7.89. The molecule has 5 heteroatoms. The lowest BCUT2D eigenvalue weighted by Gasteiger charge is -2.33. The van der Waals surface area contributed by atoms with Crippen LogP contribution in [-0.2, 0) is 9.59 Å². The van der Waals surface area contributed by atoms with E-state index in [4.69, 9.17) is 4.74 Å². The van der Waals surface area contributed by atoms with Crippen LogP contribution in [0.5, 0.6) is 5.75 Å². The molecule has 0 aromatic heterocycles. The summed E-state index contributed by atoms with van der Waals surface area (Å²) in [4.78, 5) is 28.4. The van der Waals surface area contributed by atoms with Gasteiger partial charge in [0.25, 0.3) is 0 Å². The van der Waals surface area contributed by atoms with Crippen LogP contribution in [0.25, 0.3) is 0 Å². The van der Waals surface area contributed by atoms with Crippen LogP contribution in [0.3, 0.4) is 0 Å². The van der Waals surface area contributed by atoms with E-state index in [0.717, 1.165) is 50.1 Å². The molecule has 1 heterocycles. The molecule has 1 saturated carbocycles. The van der Waals surface area contributed by atoms with Crippen molar-refractivity contribution in [2.24, 2.45) is 11.8 Å². The molecular formula is C20H28N2O3. The van der Waals surface area contributed by atoms with Gasteiger partial charge in [-0.25, -0.2) is 0 Å². The van der Waals surface area contributed by atoms with Crippen LogP contribution >= 0.6 is 0 Å². The Morgan fingerprint density at radius 1 is 1.16 bits per heavy atom. The number of aryl methyl sites for hydroxylation is 1. The van der Waals surface area contributed by atoms with Gasteiger partial charge >= 0.3 is 0 Å². The van der Waals surface area contributed by atoms with Gasteiger partial charge in [0.1, 0.15) is 12.4 Å². The van der Waals surface area contributed by atoms with Crippen LogP contribution in [-0.4, -0.2) is 54.9 Å². The summed E-state index contributed by atoms with van der Waals surface area (Å²) >= 11 is 0. The number of amides is 2. The summed E-state index contributed by atoms with van der Waals surface area (Å²) in [7, 11) is 1.84. The first-order valence-corrected chi connectivity index (χ1v) is 9.28. The van der Waals surface area contributed by atoms with E-state index in [0.29, 0.717) is 19.1 Å². The Morgan fingerprint density at radius 3 is 2.52 bits per heavy atom. The highest BCUT2D eigenvalue weighted by molar-refractivity contribution is 5.82. The van der Waals surface area contributed by atoms with Gasteiger partial charge in [0.15, 0.2) is 0 Å². The molecule has 2 amide bonds. The Hall–Kier alpha value is -2.04. The number of carbonyl (C=O) groups excluding carboxylic acids is 2. The van der Waals surface area contributed by atoms with Gasteiger partial charge in [-0.05, 0) is 50.3 Å². The summed E-state index contributed by atoms with van der Waals surface area (Å²) in [6.07, 6.45) is 3.64. The van der Waals surface area contributed by atoms with Crippen LogP contribution < -0.4 is 4.74 Å². The Kier molecular flexibility index (Phi) is 5.61. The zero-order chi connectivity index (χ0) is 17.8. The molecule has 136 valence electrons. The monoisotopic (exact) mass is 344 g/mol. The SMILES string of the molecule is Cc1cccc(OCCN(C)C(=O)C2CCN(C(=O)C3CC3)CC2)c1. The maximum absolute atomic E-state index is 12.6. The van der Waals surface area contributed by atoms with Gasteiger partial charge in [0, 0.05) is 32.0 Å². The van der Waals surface area contributed by atoms with Crippen molar-refractivity contribution in [3.63, 3.8) is 0 Å². The number of rotatable bonds is 6. The fraction of sp³-hybridized carbons (Fsp3) is 0.600. The van der Waals surface area contributed by atoms with Gasteiger partial charge in [-0.15, -0.1) is 0 Å². The molecule has 2 fully saturated rings. The Balaban J connectivity index is 1.39. The van der Waals surface area contributed by atoms with Crippen molar-refractivity contribution < 1.29 is 14.3 Å². The smallest absolute Gasteiger partial charge is 0.225 e. The Morgan fingerprint density at radius 2 is 1.88 bits per heavy atom. The summed E-state index contributed by atoms with van der Waals surface area (Å²) in [5, 5.41) is 0. The summed E-state index contributed by atoms with van der Waals surface area (Å²) in [6.45, 7) is 4.54. The predicted molar refractivity (Wildman–Crippen MR) is 96.3 cm³/mol. The lowest BCUT2D eigenvalue weighted by molar-refractivity contribution is -0.140. The lowest BCUT2D eigenvalue weighted by Crippen LogP contribution is -2.44. The normalized spacial score (nSPS) is 18.1. The van der Waals surface area contributed by atoms with Crippen molar-refractivity contribution in [2.75, 3.05) is 33.3 Å². The van der Waals surface area contributed by atoms with Gasteiger partial charge in [0.05, 0.1) is 6.54 Å². The first-order chi connectivity index (χ1) is 12.0. The highest BCUT2D eigenvalue weighted by Gasteiger charge is 2.36. The molecule has 0 radical (unpaired) electrons. The summed E-state index contributed by atoms with van der Waals surface area (Å²) in [5.41, 5.74) is 1.16. The molecule has 3 rings (SSSR count). The molecule has 1 aliphatic carbocycles. The standard InChI is InChI=1S/C20H28N2O3/c1-15-4-3-5-18(14-15)25-13-12-21(2)19(23)17-8-10-22(11-9-17)20(24)16-6-7-16/h3-5,14,16-17H,6-13H2,1-2H3. The fourth-order valence-electron chi connectivity index (χ4n) is 3.36. The highest BCUT2D eigenvalue weighted by atomic mass is 16.5. The van der Waals surface area contributed by atoms with Crippen LogP contribution in [0, 0.1) is 18.8 Å². The number of nitrogens with zero attached hydrogens (tertiary/aromatic N) is 2. The molecule has 0 N–H and O–H groups in total. The minimum Gasteiger partial charge on any atom is -0.492 e. The molecule has 1 aromatic rings. The van der Waals surface area contributed by atoms with Crippen molar-refractivity contribution in [1.29, 1.82) is 0 Å². The first kappa shape index (κ1) is 17.8. The van der Waals surface area contributed by atoms with E-state index in [9.17, 15) is 9.59 Å². The van der Waals surface area contributed by atoms with E-state index in [2.05, 4.69) is 0 Å². The zero-order valence-electron chi connectivity index (χ0n) is 15.2. The average molecular weight is 344 g/mol. The molecule has 25 heavy (non-hydrogen) atoms. The second-order valence-electron chi connectivity index (χ2n) is 7.30. The number of piperidine rings is 1. The van der Waals surface area contributed by atoms with E-state index in [1.165, 1.54) is 0 Å². The third-order valence-electron chi connectivity index (χ3n) is 5.14. The summed E-state index contributed by atoms with van der Waals surface area (Å²) < 4.78 is 5.73. The maximum Gasteiger partial charge on any atom is 0.225 e. The molecule has 5 nitrogen and oxygen atoms in total. The quantitative estimate of drug-likeness (QED) is 0.797. The van der Waals surface area contributed by atoms with Crippen LogP contribution in [0.1, 0.15) is 31.2 Å². The third-order valence-corrected chi connectivity index (χ3v) is 5.14. The highest BCUT2D eigenvalue weighted by Crippen LogP contribution is 2.32. The molecule has 1 aliphatic heterocycles. The topological polar surface area (TPSA) is 49.9 Å².